The number of benzene rings is 2. The zero-order chi connectivity index (χ0) is 19.1. The van der Waals surface area contributed by atoms with Crippen LogP contribution in [0, 0.1) is 18.6 Å². The molecule has 0 aliphatic heterocycles. The summed E-state index contributed by atoms with van der Waals surface area (Å²) < 4.78 is 52.3. The largest absolute Gasteiger partial charge is 0.349 e. The van der Waals surface area contributed by atoms with Gasteiger partial charge in [0.25, 0.3) is 15.9 Å². The number of aromatic nitrogens is 2. The molecule has 0 amide bonds. The zero-order valence-electron chi connectivity index (χ0n) is 13.4. The van der Waals surface area contributed by atoms with Gasteiger partial charge in [-0.3, -0.25) is 4.79 Å². The normalized spacial score (nSPS) is 11.5. The summed E-state index contributed by atoms with van der Waals surface area (Å²) >= 11 is 0. The Kier molecular flexibility index (Phi) is 4.33. The molecule has 0 radical (unpaired) electrons. The van der Waals surface area contributed by atoms with Crippen molar-refractivity contribution in [1.29, 1.82) is 0 Å². The highest BCUT2D eigenvalue weighted by atomic mass is 32.2. The fourth-order valence-electron chi connectivity index (χ4n) is 2.29. The van der Waals surface area contributed by atoms with Gasteiger partial charge in [0.1, 0.15) is 0 Å². The van der Waals surface area contributed by atoms with E-state index in [9.17, 15) is 26.8 Å². The molecule has 1 aromatic heterocycles. The first-order chi connectivity index (χ1) is 12.2. The van der Waals surface area contributed by atoms with Crippen molar-refractivity contribution >= 4 is 15.9 Å². The Labute approximate surface area is 147 Å². The van der Waals surface area contributed by atoms with Crippen molar-refractivity contribution in [3.05, 3.63) is 88.1 Å². The van der Waals surface area contributed by atoms with E-state index in [1.807, 2.05) is 0 Å². The van der Waals surface area contributed by atoms with Crippen LogP contribution in [0.4, 0.5) is 8.78 Å². The molecule has 3 aromatic rings. The van der Waals surface area contributed by atoms with Crippen molar-refractivity contribution in [2.75, 3.05) is 0 Å². The van der Waals surface area contributed by atoms with E-state index in [4.69, 9.17) is 0 Å². The number of halogens is 2. The highest BCUT2D eigenvalue weighted by Gasteiger charge is 2.23. The van der Waals surface area contributed by atoms with Crippen LogP contribution in [-0.2, 0) is 10.0 Å². The molecule has 9 heteroatoms. The van der Waals surface area contributed by atoms with Gasteiger partial charge >= 0.3 is 5.69 Å². The average molecular weight is 378 g/mol. The second kappa shape index (κ2) is 6.34. The Morgan fingerprint density at radius 3 is 2.23 bits per heavy atom. The maximum absolute atomic E-state index is 13.3. The van der Waals surface area contributed by atoms with E-state index in [2.05, 4.69) is 0 Å². The minimum absolute atomic E-state index is 0.122. The molecule has 0 N–H and O–H groups in total. The molecule has 0 unspecified atom stereocenters. The predicted molar refractivity (Wildman–Crippen MR) is 88.5 cm³/mol. The van der Waals surface area contributed by atoms with E-state index >= 15 is 0 Å². The molecule has 0 fully saturated rings. The first-order valence-corrected chi connectivity index (χ1v) is 8.78. The number of hydrogen-bond acceptors (Lipinski definition) is 4. The molecule has 0 aliphatic carbocycles. The lowest BCUT2D eigenvalue weighted by atomic mass is 10.2. The van der Waals surface area contributed by atoms with Crippen LogP contribution in [-0.4, -0.2) is 22.9 Å². The van der Waals surface area contributed by atoms with Crippen molar-refractivity contribution in [2.45, 2.75) is 11.8 Å². The number of aryl methyl sites for hydroxylation is 1. The third kappa shape index (κ3) is 2.97. The predicted octanol–water partition coefficient (Wildman–Crippen LogP) is 2.16. The molecule has 26 heavy (non-hydrogen) atoms. The molecule has 2 aromatic carbocycles. The lowest BCUT2D eigenvalue weighted by Gasteiger charge is -2.05. The van der Waals surface area contributed by atoms with Gasteiger partial charge in [-0.1, -0.05) is 17.7 Å². The van der Waals surface area contributed by atoms with Gasteiger partial charge < -0.3 is 0 Å². The minimum atomic E-state index is -4.20. The Morgan fingerprint density at radius 1 is 0.962 bits per heavy atom. The van der Waals surface area contributed by atoms with Crippen LogP contribution in [0.1, 0.15) is 15.9 Å². The molecule has 3 rings (SSSR count). The molecule has 6 nitrogen and oxygen atoms in total. The summed E-state index contributed by atoms with van der Waals surface area (Å²) in [6, 6.07) is 8.20. The van der Waals surface area contributed by atoms with Crippen LogP contribution >= 0.6 is 0 Å². The molecule has 134 valence electrons. The zero-order valence-corrected chi connectivity index (χ0v) is 14.2. The van der Waals surface area contributed by atoms with Gasteiger partial charge in [-0.2, -0.15) is 3.97 Å². The van der Waals surface area contributed by atoms with E-state index in [0.29, 0.717) is 14.6 Å². The molecular formula is C17H12F2N2O4S. The van der Waals surface area contributed by atoms with E-state index in [0.717, 1.165) is 30.1 Å². The first-order valence-electron chi connectivity index (χ1n) is 7.34. The summed E-state index contributed by atoms with van der Waals surface area (Å²) in [6.07, 6.45) is 1.88. The summed E-state index contributed by atoms with van der Waals surface area (Å²) in [5.74, 6) is -3.38. The van der Waals surface area contributed by atoms with Crippen LogP contribution in [0.2, 0.25) is 0 Å². The van der Waals surface area contributed by atoms with Gasteiger partial charge in [-0.25, -0.2) is 26.6 Å². The Balaban J connectivity index is 2.05. The second-order valence-corrected chi connectivity index (χ2v) is 7.31. The third-order valence-electron chi connectivity index (χ3n) is 3.71. The molecular weight excluding hydrogens is 366 g/mol. The number of rotatable bonds is 3. The topological polar surface area (TPSA) is 78.1 Å². The molecule has 0 bridgehead atoms. The number of nitrogens with zero attached hydrogens (tertiary/aromatic N) is 2. The summed E-state index contributed by atoms with van der Waals surface area (Å²) in [7, 11) is -4.20. The van der Waals surface area contributed by atoms with E-state index < -0.39 is 33.3 Å². The van der Waals surface area contributed by atoms with Gasteiger partial charge in [0, 0.05) is 18.0 Å². The van der Waals surface area contributed by atoms with Crippen molar-refractivity contribution in [3.8, 4) is 0 Å². The maximum atomic E-state index is 13.3. The molecule has 0 saturated carbocycles. The number of imidazole rings is 1. The van der Waals surface area contributed by atoms with Gasteiger partial charge in [0.2, 0.25) is 0 Å². The maximum Gasteiger partial charge on any atom is 0.349 e. The first kappa shape index (κ1) is 17.7. The molecule has 1 heterocycles. The van der Waals surface area contributed by atoms with Crippen molar-refractivity contribution in [2.24, 2.45) is 0 Å². The highest BCUT2D eigenvalue weighted by molar-refractivity contribution is 7.90. The number of carbonyl (C=O) groups is 1. The second-order valence-electron chi connectivity index (χ2n) is 5.50. The highest BCUT2D eigenvalue weighted by Crippen LogP contribution is 2.14. The molecule has 0 atom stereocenters. The van der Waals surface area contributed by atoms with Crippen LogP contribution in [0.5, 0.6) is 0 Å². The van der Waals surface area contributed by atoms with Gasteiger partial charge in [0.15, 0.2) is 11.6 Å². The van der Waals surface area contributed by atoms with Crippen molar-refractivity contribution in [3.63, 3.8) is 0 Å². The van der Waals surface area contributed by atoms with Crippen LogP contribution in [0.25, 0.3) is 0 Å². The van der Waals surface area contributed by atoms with E-state index in [1.165, 1.54) is 12.1 Å². The lowest BCUT2D eigenvalue weighted by molar-refractivity contribution is 0.0955. The van der Waals surface area contributed by atoms with E-state index in [1.54, 1.807) is 19.1 Å². The minimum Gasteiger partial charge on any atom is -0.268 e. The molecule has 0 saturated heterocycles. The van der Waals surface area contributed by atoms with Crippen LogP contribution in [0.3, 0.4) is 0 Å². The number of carbonyl (C=O) groups excluding carboxylic acids is 1. The standard InChI is InChI=1S/C17H12F2N2O4S/c1-11-2-5-13(6-3-11)26(24,25)21-9-8-20(17(21)23)16(22)12-4-7-14(18)15(19)10-12/h2-10H,1H3. The average Bonchev–Trinajstić information content (AvgIpc) is 2.99. The smallest absolute Gasteiger partial charge is 0.268 e. The molecule has 0 spiro atoms. The van der Waals surface area contributed by atoms with Crippen LogP contribution < -0.4 is 5.69 Å². The van der Waals surface area contributed by atoms with Crippen molar-refractivity contribution < 1.29 is 22.0 Å². The Morgan fingerprint density at radius 2 is 1.62 bits per heavy atom. The number of hydrogen-bond donors (Lipinski definition) is 0. The Bertz CT molecular complexity index is 1160. The third-order valence-corrected chi connectivity index (χ3v) is 5.37. The lowest BCUT2D eigenvalue weighted by Crippen LogP contribution is -2.32. The summed E-state index contributed by atoms with van der Waals surface area (Å²) in [4.78, 5) is 24.6. The summed E-state index contributed by atoms with van der Waals surface area (Å²) in [5, 5.41) is 0. The van der Waals surface area contributed by atoms with Gasteiger partial charge in [-0.05, 0) is 37.3 Å². The van der Waals surface area contributed by atoms with Gasteiger partial charge in [-0.15, -0.1) is 0 Å². The molecule has 0 aliphatic rings. The summed E-state index contributed by atoms with van der Waals surface area (Å²) in [5.41, 5.74) is -0.598. The van der Waals surface area contributed by atoms with Gasteiger partial charge in [0.05, 0.1) is 4.90 Å². The SMILES string of the molecule is Cc1ccc(S(=O)(=O)n2ccn(C(=O)c3ccc(F)c(F)c3)c2=O)cc1. The van der Waals surface area contributed by atoms with Crippen molar-refractivity contribution in [1.82, 2.24) is 8.54 Å². The van der Waals surface area contributed by atoms with E-state index in [-0.39, 0.29) is 10.5 Å². The van der Waals surface area contributed by atoms with Crippen LogP contribution in [0.15, 0.2) is 64.5 Å². The monoisotopic (exact) mass is 378 g/mol. The fraction of sp³-hybridized carbons (Fsp3) is 0.0588. The summed E-state index contributed by atoms with van der Waals surface area (Å²) in [6.45, 7) is 1.78. The quantitative estimate of drug-likeness (QED) is 0.700. The fourth-order valence-corrected chi connectivity index (χ4v) is 3.51. The Hall–Kier alpha value is -3.07.